The van der Waals surface area contributed by atoms with E-state index in [1.165, 1.54) is 17.0 Å². The van der Waals surface area contributed by atoms with Gasteiger partial charge in [-0.05, 0) is 50.0 Å². The first-order valence-corrected chi connectivity index (χ1v) is 10.2. The number of benzene rings is 2. The second kappa shape index (κ2) is 9.60. The van der Waals surface area contributed by atoms with Crippen molar-refractivity contribution in [1.29, 1.82) is 0 Å². The van der Waals surface area contributed by atoms with E-state index < -0.39 is 17.7 Å². The number of halogens is 3. The number of nitrogens with one attached hydrogen (secondary N) is 1. The van der Waals surface area contributed by atoms with E-state index in [9.17, 15) is 22.8 Å². The molecule has 0 saturated carbocycles. The second-order valence-corrected chi connectivity index (χ2v) is 7.95. The number of alkyl halides is 3. The highest BCUT2D eigenvalue weighted by Gasteiger charge is 2.37. The van der Waals surface area contributed by atoms with Crippen LogP contribution in [0.1, 0.15) is 23.6 Å². The van der Waals surface area contributed by atoms with Crippen LogP contribution < -0.4 is 15.0 Å². The molecule has 32 heavy (non-hydrogen) atoms. The lowest BCUT2D eigenvalue weighted by Crippen LogP contribution is -2.38. The lowest BCUT2D eigenvalue weighted by molar-refractivity contribution is -0.137. The van der Waals surface area contributed by atoms with Crippen molar-refractivity contribution in [2.24, 2.45) is 5.92 Å². The predicted molar refractivity (Wildman–Crippen MR) is 114 cm³/mol. The lowest BCUT2D eigenvalue weighted by atomic mass is 10.0. The number of methoxy groups -OCH3 is 1. The molecule has 172 valence electrons. The number of anilines is 1. The van der Waals surface area contributed by atoms with E-state index in [2.05, 4.69) is 5.32 Å². The molecule has 2 amide bonds. The summed E-state index contributed by atoms with van der Waals surface area (Å²) >= 11 is 0. The molecule has 2 aromatic rings. The SMILES string of the molecule is COc1ccc(C(CNC(=O)C2CC(=O)N(c3cccc(C(F)(F)F)c3)C2)N(C)C)cc1. The van der Waals surface area contributed by atoms with E-state index >= 15 is 0 Å². The number of carbonyl (C=O) groups excluding carboxylic acids is 2. The summed E-state index contributed by atoms with van der Waals surface area (Å²) in [5.74, 6) is -0.567. The Morgan fingerprint density at radius 3 is 2.50 bits per heavy atom. The van der Waals surface area contributed by atoms with Crippen molar-refractivity contribution in [1.82, 2.24) is 10.2 Å². The first-order valence-electron chi connectivity index (χ1n) is 10.2. The minimum atomic E-state index is -4.50. The average molecular weight is 449 g/mol. The molecule has 0 bridgehead atoms. The number of ether oxygens (including phenoxy) is 1. The second-order valence-electron chi connectivity index (χ2n) is 7.95. The highest BCUT2D eigenvalue weighted by molar-refractivity contribution is 6.00. The Labute approximate surface area is 184 Å². The van der Waals surface area contributed by atoms with Crippen molar-refractivity contribution >= 4 is 17.5 Å². The van der Waals surface area contributed by atoms with Gasteiger partial charge in [-0.15, -0.1) is 0 Å². The van der Waals surface area contributed by atoms with Crippen LogP contribution in [0.2, 0.25) is 0 Å². The summed E-state index contributed by atoms with van der Waals surface area (Å²) in [6.45, 7) is 0.369. The molecule has 1 N–H and O–H groups in total. The van der Waals surface area contributed by atoms with Gasteiger partial charge in [-0.25, -0.2) is 0 Å². The van der Waals surface area contributed by atoms with Gasteiger partial charge in [-0.2, -0.15) is 13.2 Å². The van der Waals surface area contributed by atoms with Gasteiger partial charge in [0.2, 0.25) is 11.8 Å². The van der Waals surface area contributed by atoms with Gasteiger partial charge in [0.05, 0.1) is 24.6 Å². The summed E-state index contributed by atoms with van der Waals surface area (Å²) in [6, 6.07) is 12.0. The van der Waals surface area contributed by atoms with Crippen LogP contribution in [0.25, 0.3) is 0 Å². The zero-order valence-electron chi connectivity index (χ0n) is 18.1. The third kappa shape index (κ3) is 5.40. The molecular formula is C23H26F3N3O3. The van der Waals surface area contributed by atoms with Gasteiger partial charge in [-0.3, -0.25) is 9.59 Å². The number of nitrogens with zero attached hydrogens (tertiary/aromatic N) is 2. The standard InChI is InChI=1S/C23H26F3N3O3/c1-28(2)20(15-7-9-19(32-3)10-8-15)13-27-22(31)16-11-21(30)29(14-16)18-6-4-5-17(12-18)23(24,25)26/h4-10,12,16,20H,11,13-14H2,1-3H3,(H,27,31). The van der Waals surface area contributed by atoms with Crippen LogP contribution in [0.15, 0.2) is 48.5 Å². The number of hydrogen-bond acceptors (Lipinski definition) is 4. The number of amides is 2. The highest BCUT2D eigenvalue weighted by atomic mass is 19.4. The van der Waals surface area contributed by atoms with Crippen LogP contribution in [-0.2, 0) is 15.8 Å². The number of hydrogen-bond donors (Lipinski definition) is 1. The summed E-state index contributed by atoms with van der Waals surface area (Å²) in [7, 11) is 5.38. The molecule has 0 radical (unpaired) electrons. The molecule has 1 aliphatic rings. The molecule has 1 heterocycles. The van der Waals surface area contributed by atoms with Crippen LogP contribution in [0.3, 0.4) is 0 Å². The maximum Gasteiger partial charge on any atom is 0.416 e. The van der Waals surface area contributed by atoms with Crippen molar-refractivity contribution in [3.63, 3.8) is 0 Å². The molecule has 0 spiro atoms. The normalized spacial score (nSPS) is 17.5. The van der Waals surface area contributed by atoms with Gasteiger partial charge in [0, 0.05) is 25.2 Å². The first-order chi connectivity index (χ1) is 15.1. The molecule has 0 aliphatic carbocycles. The van der Waals surface area contributed by atoms with Gasteiger partial charge < -0.3 is 19.9 Å². The highest BCUT2D eigenvalue weighted by Crippen LogP contribution is 2.33. The van der Waals surface area contributed by atoms with Gasteiger partial charge in [0.15, 0.2) is 0 Å². The fourth-order valence-electron chi connectivity index (χ4n) is 3.75. The zero-order chi connectivity index (χ0) is 23.5. The Balaban J connectivity index is 1.65. The van der Waals surface area contributed by atoms with Crippen molar-refractivity contribution in [2.45, 2.75) is 18.6 Å². The van der Waals surface area contributed by atoms with Crippen molar-refractivity contribution < 1.29 is 27.5 Å². The minimum absolute atomic E-state index is 0.0428. The fourth-order valence-corrected chi connectivity index (χ4v) is 3.75. The Hall–Kier alpha value is -3.07. The summed E-state index contributed by atoms with van der Waals surface area (Å²) in [5.41, 5.74) is 0.303. The maximum absolute atomic E-state index is 13.0. The van der Waals surface area contributed by atoms with Crippen LogP contribution in [-0.4, -0.2) is 51.0 Å². The van der Waals surface area contributed by atoms with Gasteiger partial charge >= 0.3 is 6.18 Å². The molecule has 2 aromatic carbocycles. The maximum atomic E-state index is 13.0. The zero-order valence-corrected chi connectivity index (χ0v) is 18.1. The third-order valence-electron chi connectivity index (χ3n) is 5.57. The number of likely N-dealkylation sites (N-methyl/N-ethyl adjacent to an activating group) is 1. The largest absolute Gasteiger partial charge is 0.497 e. The van der Waals surface area contributed by atoms with Crippen LogP contribution in [0.5, 0.6) is 5.75 Å². The van der Waals surface area contributed by atoms with Crippen LogP contribution >= 0.6 is 0 Å². The molecular weight excluding hydrogens is 423 g/mol. The van der Waals surface area contributed by atoms with E-state index in [1.807, 2.05) is 43.3 Å². The molecule has 9 heteroatoms. The topological polar surface area (TPSA) is 61.9 Å². The first kappa shape index (κ1) is 23.6. The van der Waals surface area contributed by atoms with Crippen molar-refractivity contribution in [3.8, 4) is 5.75 Å². The summed E-state index contributed by atoms with van der Waals surface area (Å²) < 4.78 is 44.2. The Morgan fingerprint density at radius 2 is 1.91 bits per heavy atom. The van der Waals surface area contributed by atoms with E-state index in [4.69, 9.17) is 4.74 Å². The molecule has 3 rings (SSSR count). The number of rotatable bonds is 7. The molecule has 2 unspecified atom stereocenters. The monoisotopic (exact) mass is 449 g/mol. The number of carbonyl (C=O) groups is 2. The van der Waals surface area contributed by atoms with Gasteiger partial charge in [0.25, 0.3) is 0 Å². The van der Waals surface area contributed by atoms with Gasteiger partial charge in [-0.1, -0.05) is 18.2 Å². The molecule has 1 saturated heterocycles. The third-order valence-corrected chi connectivity index (χ3v) is 5.57. The fraction of sp³-hybridized carbons (Fsp3) is 0.391. The van der Waals surface area contributed by atoms with E-state index in [1.54, 1.807) is 7.11 Å². The Kier molecular flexibility index (Phi) is 7.08. The van der Waals surface area contributed by atoms with Crippen molar-refractivity contribution in [3.05, 3.63) is 59.7 Å². The Morgan fingerprint density at radius 1 is 1.22 bits per heavy atom. The molecule has 1 fully saturated rings. The van der Waals surface area contributed by atoms with E-state index in [0.29, 0.717) is 6.54 Å². The molecule has 2 atom stereocenters. The smallest absolute Gasteiger partial charge is 0.416 e. The van der Waals surface area contributed by atoms with E-state index in [-0.39, 0.29) is 36.5 Å². The van der Waals surface area contributed by atoms with Crippen LogP contribution in [0.4, 0.5) is 18.9 Å². The van der Waals surface area contributed by atoms with Crippen LogP contribution in [0, 0.1) is 5.92 Å². The van der Waals surface area contributed by atoms with Crippen molar-refractivity contribution in [2.75, 3.05) is 39.2 Å². The minimum Gasteiger partial charge on any atom is -0.497 e. The summed E-state index contributed by atoms with van der Waals surface area (Å²) in [4.78, 5) is 28.4. The molecule has 0 aromatic heterocycles. The molecule has 6 nitrogen and oxygen atoms in total. The lowest BCUT2D eigenvalue weighted by Gasteiger charge is -2.26. The van der Waals surface area contributed by atoms with Gasteiger partial charge in [0.1, 0.15) is 5.75 Å². The van der Waals surface area contributed by atoms with E-state index in [0.717, 1.165) is 23.4 Å². The average Bonchev–Trinajstić information content (AvgIpc) is 3.15. The summed E-state index contributed by atoms with van der Waals surface area (Å²) in [5, 5.41) is 2.89. The quantitative estimate of drug-likeness (QED) is 0.703. The summed E-state index contributed by atoms with van der Waals surface area (Å²) in [6.07, 6.45) is -4.55. The Bertz CT molecular complexity index is 961. The predicted octanol–water partition coefficient (Wildman–Crippen LogP) is 3.49. The molecule has 1 aliphatic heterocycles.